The Bertz CT molecular complexity index is 289. The predicted molar refractivity (Wildman–Crippen MR) is 46.2 cm³/mol. The fraction of sp³-hybridized carbons (Fsp3) is 0.444. The first-order valence-corrected chi connectivity index (χ1v) is 3.99. The number of esters is 1. The molecule has 3 heteroatoms. The molecule has 0 saturated carbocycles. The molecule has 0 aliphatic carbocycles. The molecule has 1 aromatic heterocycles. The van der Waals surface area contributed by atoms with E-state index in [1.165, 1.54) is 6.92 Å². The molecule has 0 aliphatic heterocycles. The average molecular weight is 167 g/mol. The highest BCUT2D eigenvalue weighted by Crippen LogP contribution is 2.18. The standard InChI is InChI=1S/C9H13NO2/c1-4-10-6-5-7(2)9(10)12-8(3)11/h5-6H,4H2,1-3H3. The highest BCUT2D eigenvalue weighted by molar-refractivity contribution is 5.69. The van der Waals surface area contributed by atoms with Crippen LogP contribution in [-0.4, -0.2) is 10.5 Å². The van der Waals surface area contributed by atoms with Gasteiger partial charge in [-0.3, -0.25) is 4.79 Å². The maximum atomic E-state index is 10.7. The number of carbonyl (C=O) groups excluding carboxylic acids is 1. The van der Waals surface area contributed by atoms with Gasteiger partial charge in [-0.2, -0.15) is 0 Å². The van der Waals surface area contributed by atoms with E-state index < -0.39 is 0 Å². The van der Waals surface area contributed by atoms with Gasteiger partial charge in [0.2, 0.25) is 5.88 Å². The van der Waals surface area contributed by atoms with Gasteiger partial charge in [0.1, 0.15) is 0 Å². The molecule has 0 spiro atoms. The second-order valence-corrected chi connectivity index (χ2v) is 2.68. The van der Waals surface area contributed by atoms with E-state index in [-0.39, 0.29) is 5.97 Å². The SMILES string of the molecule is CCn1ccc(C)c1OC(C)=O. The summed E-state index contributed by atoms with van der Waals surface area (Å²) in [4.78, 5) is 10.7. The van der Waals surface area contributed by atoms with Gasteiger partial charge in [0.25, 0.3) is 0 Å². The zero-order valence-electron chi connectivity index (χ0n) is 7.63. The molecule has 3 nitrogen and oxygen atoms in total. The van der Waals surface area contributed by atoms with Crippen molar-refractivity contribution < 1.29 is 9.53 Å². The third kappa shape index (κ3) is 1.67. The monoisotopic (exact) mass is 167 g/mol. The normalized spacial score (nSPS) is 9.92. The molecule has 1 aromatic rings. The second kappa shape index (κ2) is 3.43. The van der Waals surface area contributed by atoms with Crippen molar-refractivity contribution >= 4 is 5.97 Å². The van der Waals surface area contributed by atoms with Crippen LogP contribution >= 0.6 is 0 Å². The molecule has 0 atom stereocenters. The summed E-state index contributed by atoms with van der Waals surface area (Å²) in [7, 11) is 0. The van der Waals surface area contributed by atoms with Gasteiger partial charge in [-0.05, 0) is 19.9 Å². The number of hydrogen-bond acceptors (Lipinski definition) is 2. The summed E-state index contributed by atoms with van der Waals surface area (Å²) in [5.41, 5.74) is 0.993. The largest absolute Gasteiger partial charge is 0.409 e. The lowest BCUT2D eigenvalue weighted by Crippen LogP contribution is -2.07. The lowest BCUT2D eigenvalue weighted by atomic mass is 10.4. The Morgan fingerprint density at radius 1 is 1.67 bits per heavy atom. The summed E-state index contributed by atoms with van der Waals surface area (Å²) >= 11 is 0. The number of ether oxygens (including phenoxy) is 1. The van der Waals surface area contributed by atoms with Crippen LogP contribution in [-0.2, 0) is 11.3 Å². The fourth-order valence-corrected chi connectivity index (χ4v) is 1.09. The van der Waals surface area contributed by atoms with E-state index in [2.05, 4.69) is 0 Å². The van der Waals surface area contributed by atoms with E-state index in [1.54, 1.807) is 0 Å². The molecule has 12 heavy (non-hydrogen) atoms. The Morgan fingerprint density at radius 2 is 2.33 bits per heavy atom. The lowest BCUT2D eigenvalue weighted by molar-refractivity contribution is -0.132. The van der Waals surface area contributed by atoms with Crippen molar-refractivity contribution in [1.29, 1.82) is 0 Å². The highest BCUT2D eigenvalue weighted by atomic mass is 16.5. The summed E-state index contributed by atoms with van der Waals surface area (Å²) < 4.78 is 6.93. The first-order valence-electron chi connectivity index (χ1n) is 3.99. The molecule has 66 valence electrons. The van der Waals surface area contributed by atoms with Gasteiger partial charge in [-0.15, -0.1) is 0 Å². The molecule has 0 fully saturated rings. The van der Waals surface area contributed by atoms with E-state index >= 15 is 0 Å². The molecule has 0 unspecified atom stereocenters. The van der Waals surface area contributed by atoms with Gasteiger partial charge < -0.3 is 9.30 Å². The van der Waals surface area contributed by atoms with Gasteiger partial charge in [0, 0.05) is 25.2 Å². The zero-order chi connectivity index (χ0) is 9.14. The van der Waals surface area contributed by atoms with Crippen LogP contribution in [0.3, 0.4) is 0 Å². The molecule has 1 rings (SSSR count). The lowest BCUT2D eigenvalue weighted by Gasteiger charge is -2.05. The summed E-state index contributed by atoms with van der Waals surface area (Å²) in [5, 5.41) is 0. The minimum atomic E-state index is -0.272. The van der Waals surface area contributed by atoms with Crippen LogP contribution in [0.4, 0.5) is 0 Å². The maximum absolute atomic E-state index is 10.7. The molecule has 0 bridgehead atoms. The summed E-state index contributed by atoms with van der Waals surface area (Å²) in [5.74, 6) is 0.386. The van der Waals surface area contributed by atoms with Crippen LogP contribution in [0, 0.1) is 6.92 Å². The van der Waals surface area contributed by atoms with E-state index in [9.17, 15) is 4.79 Å². The maximum Gasteiger partial charge on any atom is 0.309 e. The van der Waals surface area contributed by atoms with Crippen molar-refractivity contribution in [3.05, 3.63) is 17.8 Å². The second-order valence-electron chi connectivity index (χ2n) is 2.68. The number of hydrogen-bond donors (Lipinski definition) is 0. The van der Waals surface area contributed by atoms with E-state index in [1.807, 2.05) is 30.7 Å². The molecular weight excluding hydrogens is 154 g/mol. The number of rotatable bonds is 2. The Balaban J connectivity index is 2.94. The molecule has 0 aromatic carbocycles. The predicted octanol–water partition coefficient (Wildman–Crippen LogP) is 1.74. The van der Waals surface area contributed by atoms with Crippen LogP contribution in [0.25, 0.3) is 0 Å². The Morgan fingerprint density at radius 3 is 2.83 bits per heavy atom. The van der Waals surface area contributed by atoms with Crippen LogP contribution in [0.5, 0.6) is 5.88 Å². The van der Waals surface area contributed by atoms with Gasteiger partial charge >= 0.3 is 5.97 Å². The molecule has 0 amide bonds. The van der Waals surface area contributed by atoms with Gasteiger partial charge in [0.15, 0.2) is 0 Å². The van der Waals surface area contributed by atoms with Gasteiger partial charge in [0.05, 0.1) is 0 Å². The number of carbonyl (C=O) groups is 1. The van der Waals surface area contributed by atoms with Gasteiger partial charge in [-0.25, -0.2) is 0 Å². The van der Waals surface area contributed by atoms with Crippen molar-refractivity contribution in [3.8, 4) is 5.88 Å². The first-order chi connectivity index (χ1) is 5.65. The molecular formula is C9H13NO2. The molecule has 0 aliphatic rings. The number of aromatic nitrogens is 1. The first kappa shape index (κ1) is 8.84. The Kier molecular flexibility index (Phi) is 2.53. The molecule has 1 heterocycles. The molecule has 0 saturated heterocycles. The minimum absolute atomic E-state index is 0.272. The van der Waals surface area contributed by atoms with Crippen molar-refractivity contribution in [2.24, 2.45) is 0 Å². The van der Waals surface area contributed by atoms with Crippen molar-refractivity contribution in [3.63, 3.8) is 0 Å². The molecule has 0 radical (unpaired) electrons. The third-order valence-electron chi connectivity index (χ3n) is 1.68. The van der Waals surface area contributed by atoms with Crippen LogP contribution in [0.15, 0.2) is 12.3 Å². The third-order valence-corrected chi connectivity index (χ3v) is 1.68. The summed E-state index contributed by atoms with van der Waals surface area (Å²) in [6.45, 7) is 6.15. The quantitative estimate of drug-likeness (QED) is 0.628. The smallest absolute Gasteiger partial charge is 0.309 e. The Labute approximate surface area is 72.0 Å². The summed E-state index contributed by atoms with van der Waals surface area (Å²) in [6.07, 6.45) is 1.91. The average Bonchev–Trinajstić information content (AvgIpc) is 2.32. The minimum Gasteiger partial charge on any atom is -0.409 e. The number of nitrogens with zero attached hydrogens (tertiary/aromatic N) is 1. The highest BCUT2D eigenvalue weighted by Gasteiger charge is 2.07. The van der Waals surface area contributed by atoms with E-state index in [0.29, 0.717) is 5.88 Å². The topological polar surface area (TPSA) is 31.2 Å². The van der Waals surface area contributed by atoms with Crippen molar-refractivity contribution in [1.82, 2.24) is 4.57 Å². The molecule has 0 N–H and O–H groups in total. The summed E-state index contributed by atoms with van der Waals surface area (Å²) in [6, 6.07) is 1.93. The van der Waals surface area contributed by atoms with Crippen molar-refractivity contribution in [2.45, 2.75) is 27.3 Å². The fourth-order valence-electron chi connectivity index (χ4n) is 1.09. The Hall–Kier alpha value is -1.25. The van der Waals surface area contributed by atoms with Crippen molar-refractivity contribution in [2.75, 3.05) is 0 Å². The van der Waals surface area contributed by atoms with Crippen LogP contribution in [0.2, 0.25) is 0 Å². The van der Waals surface area contributed by atoms with E-state index in [4.69, 9.17) is 4.74 Å². The van der Waals surface area contributed by atoms with E-state index in [0.717, 1.165) is 12.1 Å². The zero-order valence-corrected chi connectivity index (χ0v) is 7.63. The van der Waals surface area contributed by atoms with Gasteiger partial charge in [-0.1, -0.05) is 0 Å². The van der Waals surface area contributed by atoms with Crippen LogP contribution < -0.4 is 4.74 Å². The number of aryl methyl sites for hydroxylation is 2. The van der Waals surface area contributed by atoms with Crippen LogP contribution in [0.1, 0.15) is 19.4 Å².